The minimum atomic E-state index is -0.287. The van der Waals surface area contributed by atoms with Crippen molar-refractivity contribution < 1.29 is 9.53 Å². The van der Waals surface area contributed by atoms with E-state index in [-0.39, 0.29) is 18.6 Å². The first-order valence-corrected chi connectivity index (χ1v) is 12.0. The van der Waals surface area contributed by atoms with Gasteiger partial charge in [-0.15, -0.1) is 0 Å². The number of nitrogen functional groups attached to an aromatic ring is 1. The summed E-state index contributed by atoms with van der Waals surface area (Å²) in [6.45, 7) is 6.55. The third-order valence-corrected chi connectivity index (χ3v) is 6.24. The van der Waals surface area contributed by atoms with Gasteiger partial charge in [0.15, 0.2) is 0 Å². The molecular weight excluding hydrogens is 452 g/mol. The molecule has 1 saturated heterocycles. The van der Waals surface area contributed by atoms with Gasteiger partial charge in [-0.2, -0.15) is 0 Å². The van der Waals surface area contributed by atoms with Crippen LogP contribution in [0.4, 0.5) is 16.4 Å². The van der Waals surface area contributed by atoms with Crippen LogP contribution in [0.15, 0.2) is 79.4 Å². The van der Waals surface area contributed by atoms with Crippen molar-refractivity contribution in [2.45, 2.75) is 6.42 Å². The maximum Gasteiger partial charge on any atom is 0.410 e. The topological polar surface area (TPSA) is 97.5 Å². The van der Waals surface area contributed by atoms with Gasteiger partial charge >= 0.3 is 6.09 Å². The number of amides is 1. The second-order valence-corrected chi connectivity index (χ2v) is 8.64. The fourth-order valence-electron chi connectivity index (χ4n) is 4.38. The normalized spacial score (nSPS) is 13.6. The van der Waals surface area contributed by atoms with Crippen molar-refractivity contribution in [1.82, 2.24) is 19.9 Å². The van der Waals surface area contributed by atoms with Gasteiger partial charge < -0.3 is 20.3 Å². The molecule has 0 atom stereocenters. The second kappa shape index (κ2) is 10.4. The molecule has 0 unspecified atom stereocenters. The van der Waals surface area contributed by atoms with Gasteiger partial charge in [0.2, 0.25) is 5.95 Å². The van der Waals surface area contributed by atoms with E-state index in [0.717, 1.165) is 52.3 Å². The Morgan fingerprint density at radius 1 is 0.944 bits per heavy atom. The molecule has 1 aliphatic heterocycles. The number of piperazine rings is 1. The van der Waals surface area contributed by atoms with Crippen LogP contribution < -0.4 is 10.6 Å². The van der Waals surface area contributed by atoms with E-state index in [1.54, 1.807) is 11.0 Å². The van der Waals surface area contributed by atoms with Crippen LogP contribution in [0.1, 0.15) is 11.3 Å². The Kier molecular flexibility index (Phi) is 6.75. The number of nitrogens with zero attached hydrogens (tertiary/aromatic N) is 5. The molecule has 2 aromatic heterocycles. The number of hydrogen-bond acceptors (Lipinski definition) is 7. The van der Waals surface area contributed by atoms with E-state index in [4.69, 9.17) is 15.5 Å². The number of anilines is 2. The Balaban J connectivity index is 1.33. The van der Waals surface area contributed by atoms with Crippen LogP contribution in [0.5, 0.6) is 0 Å². The van der Waals surface area contributed by atoms with E-state index in [0.29, 0.717) is 19.5 Å². The number of rotatable bonds is 6. The Morgan fingerprint density at radius 2 is 1.69 bits per heavy atom. The molecule has 1 aliphatic rings. The van der Waals surface area contributed by atoms with Crippen LogP contribution in [0, 0.1) is 0 Å². The molecule has 182 valence electrons. The Bertz CT molecular complexity index is 1370. The molecule has 3 heterocycles. The standard InChI is InChI=1S/C28H28N6O2/c1-2-18-36-28(35)34-16-14-33(15-17-34)22-10-8-21(9-11-22)23-12-13-24-26(30-23)25(32-27(29)31-24)19-20-6-4-3-5-7-20/h2-13H,1,14-19H2,(H2,29,31,32). The molecule has 0 saturated carbocycles. The van der Waals surface area contributed by atoms with Crippen LogP contribution in [0.3, 0.4) is 0 Å². The lowest BCUT2D eigenvalue weighted by Crippen LogP contribution is -2.49. The van der Waals surface area contributed by atoms with Crippen molar-refractivity contribution in [3.05, 3.63) is 90.6 Å². The van der Waals surface area contributed by atoms with Gasteiger partial charge in [0.1, 0.15) is 12.1 Å². The van der Waals surface area contributed by atoms with Crippen LogP contribution in [0.25, 0.3) is 22.3 Å². The first-order valence-electron chi connectivity index (χ1n) is 12.0. The summed E-state index contributed by atoms with van der Waals surface area (Å²) < 4.78 is 5.14. The number of carbonyl (C=O) groups excluding carboxylic acids is 1. The fourth-order valence-corrected chi connectivity index (χ4v) is 4.38. The Labute approximate surface area is 210 Å². The number of hydrogen-bond donors (Lipinski definition) is 1. The van der Waals surface area contributed by atoms with Gasteiger partial charge in [0.05, 0.1) is 16.9 Å². The molecule has 2 N–H and O–H groups in total. The highest BCUT2D eigenvalue weighted by molar-refractivity contribution is 5.81. The quantitative estimate of drug-likeness (QED) is 0.411. The van der Waals surface area contributed by atoms with Crippen LogP contribution >= 0.6 is 0 Å². The smallest absolute Gasteiger partial charge is 0.410 e. The summed E-state index contributed by atoms with van der Waals surface area (Å²) in [5.41, 5.74) is 12.4. The van der Waals surface area contributed by atoms with Crippen LogP contribution in [-0.2, 0) is 11.2 Å². The Morgan fingerprint density at radius 3 is 2.42 bits per heavy atom. The predicted molar refractivity (Wildman–Crippen MR) is 142 cm³/mol. The molecule has 5 rings (SSSR count). The maximum absolute atomic E-state index is 12.1. The number of carbonyl (C=O) groups is 1. The van der Waals surface area contributed by atoms with Crippen LogP contribution in [-0.4, -0.2) is 58.7 Å². The van der Waals surface area contributed by atoms with E-state index in [1.807, 2.05) is 30.3 Å². The fraction of sp³-hybridized carbons (Fsp3) is 0.214. The molecule has 1 amide bonds. The molecule has 0 spiro atoms. The van der Waals surface area contributed by atoms with E-state index < -0.39 is 0 Å². The molecule has 0 radical (unpaired) electrons. The summed E-state index contributed by atoms with van der Waals surface area (Å²) in [4.78, 5) is 29.8. The third-order valence-electron chi connectivity index (χ3n) is 6.24. The Hall–Kier alpha value is -4.46. The molecular formula is C28H28N6O2. The summed E-state index contributed by atoms with van der Waals surface area (Å²) >= 11 is 0. The van der Waals surface area contributed by atoms with Crippen molar-refractivity contribution >= 4 is 28.8 Å². The minimum absolute atomic E-state index is 0.233. The van der Waals surface area contributed by atoms with Gasteiger partial charge in [-0.1, -0.05) is 55.1 Å². The molecule has 36 heavy (non-hydrogen) atoms. The highest BCUT2D eigenvalue weighted by Gasteiger charge is 2.22. The molecule has 1 fully saturated rings. The summed E-state index contributed by atoms with van der Waals surface area (Å²) in [7, 11) is 0. The summed E-state index contributed by atoms with van der Waals surface area (Å²) in [5.74, 6) is 0.251. The lowest BCUT2D eigenvalue weighted by molar-refractivity contribution is 0.110. The van der Waals surface area contributed by atoms with Gasteiger partial charge in [0.25, 0.3) is 0 Å². The lowest BCUT2D eigenvalue weighted by Gasteiger charge is -2.35. The minimum Gasteiger partial charge on any atom is -0.445 e. The third kappa shape index (κ3) is 5.12. The monoisotopic (exact) mass is 480 g/mol. The number of nitrogens with two attached hydrogens (primary N) is 1. The van der Waals surface area contributed by atoms with E-state index in [1.165, 1.54) is 0 Å². The lowest BCUT2D eigenvalue weighted by atomic mass is 10.1. The molecule has 0 bridgehead atoms. The predicted octanol–water partition coefficient (Wildman–Crippen LogP) is 4.31. The zero-order valence-corrected chi connectivity index (χ0v) is 20.0. The zero-order chi connectivity index (χ0) is 24.9. The molecule has 2 aromatic carbocycles. The van der Waals surface area contributed by atoms with Gasteiger partial charge in [-0.05, 0) is 29.8 Å². The second-order valence-electron chi connectivity index (χ2n) is 8.64. The van der Waals surface area contributed by atoms with Crippen LogP contribution in [0.2, 0.25) is 0 Å². The van der Waals surface area contributed by atoms with Crippen molar-refractivity contribution in [2.24, 2.45) is 0 Å². The highest BCUT2D eigenvalue weighted by Crippen LogP contribution is 2.26. The molecule has 4 aromatic rings. The average Bonchev–Trinajstić information content (AvgIpc) is 2.92. The van der Waals surface area contributed by atoms with E-state index in [2.05, 4.69) is 57.8 Å². The largest absolute Gasteiger partial charge is 0.445 e. The first-order chi connectivity index (χ1) is 17.6. The van der Waals surface area contributed by atoms with Gasteiger partial charge in [0, 0.05) is 43.9 Å². The van der Waals surface area contributed by atoms with Crippen molar-refractivity contribution in [3.8, 4) is 11.3 Å². The SMILES string of the molecule is C=CCOC(=O)N1CCN(c2ccc(-c3ccc4nc(N)nc(Cc5ccccc5)c4n3)cc2)CC1. The average molecular weight is 481 g/mol. The van der Waals surface area contributed by atoms with Gasteiger partial charge in [-0.3, -0.25) is 0 Å². The highest BCUT2D eigenvalue weighted by atomic mass is 16.6. The first kappa shape index (κ1) is 23.3. The van der Waals surface area contributed by atoms with Crippen molar-refractivity contribution in [3.63, 3.8) is 0 Å². The number of benzene rings is 2. The van der Waals surface area contributed by atoms with Crippen molar-refractivity contribution in [2.75, 3.05) is 43.4 Å². The number of pyridine rings is 1. The zero-order valence-electron chi connectivity index (χ0n) is 20.0. The van der Waals surface area contributed by atoms with Gasteiger partial charge in [-0.25, -0.2) is 19.7 Å². The number of aromatic nitrogens is 3. The number of ether oxygens (including phenoxy) is 1. The van der Waals surface area contributed by atoms with E-state index in [9.17, 15) is 4.79 Å². The summed E-state index contributed by atoms with van der Waals surface area (Å²) in [6.07, 6.45) is 1.92. The molecule has 8 heteroatoms. The van der Waals surface area contributed by atoms with Crippen molar-refractivity contribution in [1.29, 1.82) is 0 Å². The van der Waals surface area contributed by atoms with E-state index >= 15 is 0 Å². The number of fused-ring (bicyclic) bond motifs is 1. The summed E-state index contributed by atoms with van der Waals surface area (Å²) in [6, 6.07) is 22.4. The maximum atomic E-state index is 12.1. The molecule has 0 aliphatic carbocycles. The molecule has 8 nitrogen and oxygen atoms in total. The summed E-state index contributed by atoms with van der Waals surface area (Å²) in [5, 5.41) is 0.